The van der Waals surface area contributed by atoms with Crippen LogP contribution in [0.5, 0.6) is 0 Å². The molecule has 1 aromatic carbocycles. The van der Waals surface area contributed by atoms with Crippen LogP contribution in [0.1, 0.15) is 50.7 Å². The van der Waals surface area contributed by atoms with Crippen molar-refractivity contribution in [1.29, 1.82) is 0 Å². The highest BCUT2D eigenvalue weighted by Gasteiger charge is 2.34. The summed E-state index contributed by atoms with van der Waals surface area (Å²) in [5.41, 5.74) is 2.96. The Hall–Kier alpha value is -2.58. The number of nitrogens with one attached hydrogen (secondary N) is 1. The number of fused-ring (bicyclic) bond motifs is 1. The summed E-state index contributed by atoms with van der Waals surface area (Å²) < 4.78 is 7.55. The summed E-state index contributed by atoms with van der Waals surface area (Å²) in [6.07, 6.45) is 8.36. The normalized spacial score (nSPS) is 19.9. The number of unbranched alkanes of at least 4 members (excludes halogenated alkanes) is 1. The number of para-hydroxylation sites is 1. The molecule has 2 aliphatic heterocycles. The van der Waals surface area contributed by atoms with Gasteiger partial charge in [0.25, 0.3) is 11.1 Å². The van der Waals surface area contributed by atoms with Crippen molar-refractivity contribution in [2.24, 2.45) is 0 Å². The molecule has 0 saturated carbocycles. The predicted octanol–water partition coefficient (Wildman–Crippen LogP) is 4.34. The first kappa shape index (κ1) is 23.6. The van der Waals surface area contributed by atoms with Gasteiger partial charge >= 0.3 is 0 Å². The quantitative estimate of drug-likeness (QED) is 0.553. The molecule has 0 aliphatic carbocycles. The fourth-order valence-corrected chi connectivity index (χ4v) is 5.24. The highest BCUT2D eigenvalue weighted by Crippen LogP contribution is 2.35. The van der Waals surface area contributed by atoms with E-state index >= 15 is 0 Å². The molecular weight excluding hydrogens is 438 g/mol. The van der Waals surface area contributed by atoms with Gasteiger partial charge in [0.05, 0.1) is 16.5 Å². The zero-order valence-corrected chi connectivity index (χ0v) is 20.1. The Bertz CT molecular complexity index is 1080. The molecule has 2 aromatic rings. The largest absolute Gasteiger partial charge is 0.376 e. The van der Waals surface area contributed by atoms with Gasteiger partial charge in [0.2, 0.25) is 5.91 Å². The number of aryl methyl sites for hydroxylation is 1. The van der Waals surface area contributed by atoms with E-state index in [-0.39, 0.29) is 29.7 Å². The molecule has 33 heavy (non-hydrogen) atoms. The van der Waals surface area contributed by atoms with E-state index < -0.39 is 0 Å². The van der Waals surface area contributed by atoms with Crippen LogP contribution in [0.2, 0.25) is 0 Å². The lowest BCUT2D eigenvalue weighted by Gasteiger charge is -2.12. The zero-order chi connectivity index (χ0) is 23.4. The monoisotopic (exact) mass is 469 g/mol. The highest BCUT2D eigenvalue weighted by molar-refractivity contribution is 8.18. The zero-order valence-electron chi connectivity index (χ0n) is 19.3. The third kappa shape index (κ3) is 5.17. The van der Waals surface area contributed by atoms with Crippen LogP contribution >= 0.6 is 11.8 Å². The van der Waals surface area contributed by atoms with Gasteiger partial charge in [-0.3, -0.25) is 19.3 Å². The van der Waals surface area contributed by atoms with E-state index in [4.69, 9.17) is 4.74 Å². The topological polar surface area (TPSA) is 80.6 Å². The number of aromatic nitrogens is 1. The minimum atomic E-state index is -0.236. The van der Waals surface area contributed by atoms with Crippen molar-refractivity contribution in [3.63, 3.8) is 0 Å². The summed E-state index contributed by atoms with van der Waals surface area (Å²) in [6, 6.07) is 6.06. The first-order chi connectivity index (χ1) is 16.0. The van der Waals surface area contributed by atoms with E-state index in [0.717, 1.165) is 72.5 Å². The molecule has 0 unspecified atom stereocenters. The second kappa shape index (κ2) is 10.6. The van der Waals surface area contributed by atoms with Gasteiger partial charge in [-0.2, -0.15) is 0 Å². The van der Waals surface area contributed by atoms with E-state index in [1.54, 1.807) is 6.08 Å². The summed E-state index contributed by atoms with van der Waals surface area (Å²) in [5.74, 6) is -0.306. The first-order valence-electron chi connectivity index (χ1n) is 11.8. The van der Waals surface area contributed by atoms with E-state index in [0.29, 0.717) is 18.0 Å². The molecule has 0 radical (unpaired) electrons. The number of hydrogen-bond acceptors (Lipinski definition) is 5. The number of nitrogens with zero attached hydrogens (tertiary/aromatic N) is 2. The number of carbonyl (C=O) groups excluding carboxylic acids is 3. The lowest BCUT2D eigenvalue weighted by molar-refractivity contribution is -0.123. The smallest absolute Gasteiger partial charge is 0.293 e. The van der Waals surface area contributed by atoms with Crippen molar-refractivity contribution in [3.8, 4) is 0 Å². The lowest BCUT2D eigenvalue weighted by atomic mass is 10.1. The summed E-state index contributed by atoms with van der Waals surface area (Å²) in [7, 11) is 0. The number of hydrogen-bond donors (Lipinski definition) is 1. The highest BCUT2D eigenvalue weighted by atomic mass is 32.2. The van der Waals surface area contributed by atoms with Crippen molar-refractivity contribution in [2.75, 3.05) is 19.7 Å². The molecule has 7 nitrogen and oxygen atoms in total. The number of imide groups is 1. The van der Waals surface area contributed by atoms with Crippen LogP contribution in [0.15, 0.2) is 29.3 Å². The second-order valence-corrected chi connectivity index (χ2v) is 9.50. The second-order valence-electron chi connectivity index (χ2n) is 8.51. The number of amides is 3. The van der Waals surface area contributed by atoms with Crippen molar-refractivity contribution >= 4 is 45.8 Å². The summed E-state index contributed by atoms with van der Waals surface area (Å²) in [6.45, 7) is 6.04. The molecule has 8 heteroatoms. The molecule has 2 fully saturated rings. The third-order valence-electron chi connectivity index (χ3n) is 6.15. The van der Waals surface area contributed by atoms with Crippen LogP contribution in [-0.2, 0) is 27.3 Å². The van der Waals surface area contributed by atoms with Gasteiger partial charge in [-0.15, -0.1) is 0 Å². The van der Waals surface area contributed by atoms with Gasteiger partial charge in [0, 0.05) is 36.8 Å². The molecule has 1 N–H and O–H groups in total. The molecule has 0 bridgehead atoms. The molecule has 2 saturated heterocycles. The first-order valence-corrected chi connectivity index (χ1v) is 12.6. The Morgan fingerprint density at radius 3 is 2.88 bits per heavy atom. The molecule has 2 aliphatic rings. The molecule has 3 amide bonds. The van der Waals surface area contributed by atoms with Crippen LogP contribution in [0.4, 0.5) is 4.79 Å². The van der Waals surface area contributed by atoms with Gasteiger partial charge in [-0.25, -0.2) is 0 Å². The van der Waals surface area contributed by atoms with Gasteiger partial charge in [-0.1, -0.05) is 38.5 Å². The molecule has 176 valence electrons. The van der Waals surface area contributed by atoms with Crippen LogP contribution in [0.25, 0.3) is 17.0 Å². The molecule has 1 atom stereocenters. The fraction of sp³-hybridized carbons (Fsp3) is 0.480. The van der Waals surface area contributed by atoms with E-state index in [2.05, 4.69) is 18.3 Å². The number of thioether (sulfide) groups is 1. The minimum absolute atomic E-state index is 0.0697. The average molecular weight is 470 g/mol. The van der Waals surface area contributed by atoms with Crippen LogP contribution < -0.4 is 5.32 Å². The Balaban J connectivity index is 1.60. The van der Waals surface area contributed by atoms with Gasteiger partial charge < -0.3 is 14.6 Å². The van der Waals surface area contributed by atoms with E-state index in [1.165, 1.54) is 4.90 Å². The predicted molar refractivity (Wildman–Crippen MR) is 131 cm³/mol. The fourth-order valence-electron chi connectivity index (χ4n) is 4.38. The number of carbonyl (C=O) groups is 3. The maximum Gasteiger partial charge on any atom is 0.293 e. The molecule has 4 rings (SSSR count). The van der Waals surface area contributed by atoms with Crippen molar-refractivity contribution in [3.05, 3.63) is 40.4 Å². The Morgan fingerprint density at radius 2 is 2.15 bits per heavy atom. The van der Waals surface area contributed by atoms with Gasteiger partial charge in [-0.05, 0) is 49.1 Å². The Morgan fingerprint density at radius 1 is 1.30 bits per heavy atom. The Kier molecular flexibility index (Phi) is 7.55. The van der Waals surface area contributed by atoms with Crippen molar-refractivity contribution in [1.82, 2.24) is 14.8 Å². The van der Waals surface area contributed by atoms with Crippen molar-refractivity contribution < 1.29 is 19.1 Å². The van der Waals surface area contributed by atoms with Crippen molar-refractivity contribution in [2.45, 2.75) is 58.6 Å². The van der Waals surface area contributed by atoms with Gasteiger partial charge in [0.1, 0.15) is 6.54 Å². The maximum atomic E-state index is 12.8. The third-order valence-corrected chi connectivity index (χ3v) is 7.06. The van der Waals surface area contributed by atoms with E-state index in [1.807, 2.05) is 29.8 Å². The summed E-state index contributed by atoms with van der Waals surface area (Å²) >= 11 is 0.987. The maximum absolute atomic E-state index is 12.8. The standard InChI is InChI=1S/C25H31N3O4S/c1-3-5-11-28-24(30)21(33-25(28)31)13-18-15-27(23-17(4-2)8-6-10-20(18)23)16-22(29)26-14-19-9-7-12-32-19/h6,8,10,13,15,19H,3-5,7,9,11-12,14,16H2,1-2H3,(H,26,29)/b21-13-/t19-/m0/s1. The SMILES string of the molecule is CCCCN1C(=O)S/C(=C\c2cn(CC(=O)NC[C@@H]3CCCO3)c3c(CC)cccc23)C1=O. The molecule has 3 heterocycles. The lowest BCUT2D eigenvalue weighted by Crippen LogP contribution is -2.34. The molecule has 0 spiro atoms. The molecular formula is C25H31N3O4S. The van der Waals surface area contributed by atoms with Gasteiger partial charge in [0.15, 0.2) is 0 Å². The van der Waals surface area contributed by atoms with Crippen LogP contribution in [0, 0.1) is 0 Å². The Labute approximate surface area is 198 Å². The summed E-state index contributed by atoms with van der Waals surface area (Å²) in [5, 5.41) is 3.74. The number of benzene rings is 1. The number of rotatable bonds is 9. The minimum Gasteiger partial charge on any atom is -0.376 e. The molecule has 1 aromatic heterocycles. The van der Waals surface area contributed by atoms with Crippen LogP contribution in [-0.4, -0.2) is 52.3 Å². The average Bonchev–Trinajstić information content (AvgIpc) is 3.51. The number of ether oxygens (including phenoxy) is 1. The summed E-state index contributed by atoms with van der Waals surface area (Å²) in [4.78, 5) is 39.6. The van der Waals surface area contributed by atoms with Crippen LogP contribution in [0.3, 0.4) is 0 Å². The van der Waals surface area contributed by atoms with E-state index in [9.17, 15) is 14.4 Å².